The minimum absolute atomic E-state index is 0.00696. The molecular formula is C29H30N2O5. The highest BCUT2D eigenvalue weighted by Crippen LogP contribution is 2.45. The van der Waals surface area contributed by atoms with Crippen molar-refractivity contribution in [2.75, 3.05) is 26.9 Å². The molecule has 2 fully saturated rings. The van der Waals surface area contributed by atoms with Crippen LogP contribution in [-0.4, -0.2) is 60.1 Å². The van der Waals surface area contributed by atoms with Gasteiger partial charge in [0.2, 0.25) is 5.88 Å². The zero-order chi connectivity index (χ0) is 24.9. The van der Waals surface area contributed by atoms with Gasteiger partial charge in [0.05, 0.1) is 38.0 Å². The maximum absolute atomic E-state index is 13.4. The lowest BCUT2D eigenvalue weighted by Gasteiger charge is -2.51. The Bertz CT molecular complexity index is 1250. The third kappa shape index (κ3) is 3.74. The zero-order valence-corrected chi connectivity index (χ0v) is 20.5. The number of nitrogens with zero attached hydrogens (tertiary/aromatic N) is 2. The number of morpholine rings is 1. The summed E-state index contributed by atoms with van der Waals surface area (Å²) in [6.07, 6.45) is 2.05. The van der Waals surface area contributed by atoms with Gasteiger partial charge in [-0.2, -0.15) is 0 Å². The number of amides is 1. The third-order valence-corrected chi connectivity index (χ3v) is 7.86. The molecule has 1 amide bonds. The summed E-state index contributed by atoms with van der Waals surface area (Å²) in [6, 6.07) is 18.0. The normalized spacial score (nSPS) is 24.7. The van der Waals surface area contributed by atoms with Gasteiger partial charge in [-0.05, 0) is 35.2 Å². The van der Waals surface area contributed by atoms with E-state index in [-0.39, 0.29) is 30.7 Å². The molecule has 0 saturated carbocycles. The van der Waals surface area contributed by atoms with Crippen LogP contribution in [0.3, 0.4) is 0 Å². The summed E-state index contributed by atoms with van der Waals surface area (Å²) in [7, 11) is 1.58. The maximum Gasteiger partial charge on any atom is 0.410 e. The maximum atomic E-state index is 13.4. The first-order valence-electron chi connectivity index (χ1n) is 12.4. The lowest BCUT2D eigenvalue weighted by Crippen LogP contribution is -2.62. The van der Waals surface area contributed by atoms with Gasteiger partial charge in [0.15, 0.2) is 0 Å². The van der Waals surface area contributed by atoms with Crippen molar-refractivity contribution >= 4 is 6.09 Å². The van der Waals surface area contributed by atoms with E-state index < -0.39 is 5.60 Å². The fourth-order valence-corrected chi connectivity index (χ4v) is 6.21. The number of ether oxygens (including phenoxy) is 3. The van der Waals surface area contributed by atoms with Gasteiger partial charge in [-0.25, -0.2) is 9.78 Å². The minimum Gasteiger partial charge on any atom is -0.481 e. The van der Waals surface area contributed by atoms with E-state index in [4.69, 9.17) is 14.2 Å². The first-order valence-corrected chi connectivity index (χ1v) is 12.4. The van der Waals surface area contributed by atoms with Crippen LogP contribution >= 0.6 is 0 Å². The Hall–Kier alpha value is -3.42. The number of fused-ring (bicyclic) bond motifs is 5. The second-order valence-corrected chi connectivity index (χ2v) is 10.0. The van der Waals surface area contributed by atoms with Crippen molar-refractivity contribution < 1.29 is 24.1 Å². The van der Waals surface area contributed by atoms with Crippen molar-refractivity contribution in [3.63, 3.8) is 0 Å². The third-order valence-electron chi connectivity index (χ3n) is 7.86. The molecular weight excluding hydrogens is 456 g/mol. The molecule has 7 nitrogen and oxygen atoms in total. The van der Waals surface area contributed by atoms with Gasteiger partial charge < -0.3 is 19.3 Å². The largest absolute Gasteiger partial charge is 0.481 e. The molecule has 186 valence electrons. The van der Waals surface area contributed by atoms with E-state index in [0.717, 1.165) is 11.1 Å². The van der Waals surface area contributed by atoms with Crippen LogP contribution in [0.25, 0.3) is 11.1 Å². The molecule has 7 heteroatoms. The molecule has 0 radical (unpaired) electrons. The number of hydrogen-bond donors (Lipinski definition) is 1. The Morgan fingerprint density at radius 1 is 1.08 bits per heavy atom. The van der Waals surface area contributed by atoms with Gasteiger partial charge in [0, 0.05) is 36.1 Å². The number of aryl methyl sites for hydroxylation is 1. The Morgan fingerprint density at radius 3 is 2.28 bits per heavy atom. The number of aliphatic hydroxyl groups is 1. The fraction of sp³-hybridized carbons (Fsp3) is 0.379. The van der Waals surface area contributed by atoms with Gasteiger partial charge in [-0.15, -0.1) is 0 Å². The summed E-state index contributed by atoms with van der Waals surface area (Å²) in [5.74, 6) is 0.550. The summed E-state index contributed by atoms with van der Waals surface area (Å²) in [5, 5.41) is 11.6. The molecule has 2 aliphatic heterocycles. The molecule has 2 aromatic carbocycles. The average molecular weight is 487 g/mol. The van der Waals surface area contributed by atoms with Gasteiger partial charge in [-0.3, -0.25) is 4.90 Å². The number of pyridine rings is 1. The van der Waals surface area contributed by atoms with Crippen LogP contribution < -0.4 is 4.74 Å². The predicted octanol–water partition coefficient (Wildman–Crippen LogP) is 4.40. The molecule has 2 atom stereocenters. The van der Waals surface area contributed by atoms with E-state index in [1.807, 2.05) is 37.3 Å². The molecule has 2 bridgehead atoms. The number of methoxy groups -OCH3 is 1. The van der Waals surface area contributed by atoms with Gasteiger partial charge in [0.1, 0.15) is 6.61 Å². The Labute approximate surface area is 210 Å². The number of hydrogen-bond acceptors (Lipinski definition) is 6. The molecule has 36 heavy (non-hydrogen) atoms. The van der Waals surface area contributed by atoms with Crippen molar-refractivity contribution in [1.29, 1.82) is 0 Å². The van der Waals surface area contributed by atoms with Crippen molar-refractivity contribution in [2.45, 2.75) is 43.4 Å². The van der Waals surface area contributed by atoms with E-state index in [9.17, 15) is 9.90 Å². The van der Waals surface area contributed by atoms with E-state index in [2.05, 4.69) is 29.2 Å². The topological polar surface area (TPSA) is 81.1 Å². The molecule has 1 aliphatic carbocycles. The molecule has 0 spiro atoms. The summed E-state index contributed by atoms with van der Waals surface area (Å²) in [5.41, 5.74) is 5.28. The monoisotopic (exact) mass is 486 g/mol. The highest BCUT2D eigenvalue weighted by atomic mass is 16.6. The van der Waals surface area contributed by atoms with Gasteiger partial charge in [0.25, 0.3) is 0 Å². The molecule has 2 unspecified atom stereocenters. The zero-order valence-electron chi connectivity index (χ0n) is 20.5. The fourth-order valence-electron chi connectivity index (χ4n) is 6.21. The molecule has 3 aliphatic rings. The first kappa shape index (κ1) is 23.0. The highest BCUT2D eigenvalue weighted by Gasteiger charge is 2.49. The van der Waals surface area contributed by atoms with E-state index >= 15 is 0 Å². The van der Waals surface area contributed by atoms with E-state index in [0.29, 0.717) is 31.9 Å². The second-order valence-electron chi connectivity index (χ2n) is 10.0. The number of carbonyl (C=O) groups is 1. The van der Waals surface area contributed by atoms with Crippen LogP contribution in [0, 0.1) is 6.92 Å². The average Bonchev–Trinajstić information content (AvgIpc) is 3.20. The van der Waals surface area contributed by atoms with Crippen molar-refractivity contribution in [3.8, 4) is 17.0 Å². The quantitative estimate of drug-likeness (QED) is 0.589. The summed E-state index contributed by atoms with van der Waals surface area (Å²) in [6.45, 7) is 2.92. The SMILES string of the molecule is COc1ncc(C2(O)CC3COCC(C2)N3C(=O)OCC2c3ccccc3-c3ccccc32)cc1C. The number of carbonyl (C=O) groups excluding carboxylic acids is 1. The van der Waals surface area contributed by atoms with Gasteiger partial charge in [-0.1, -0.05) is 48.5 Å². The Morgan fingerprint density at radius 2 is 1.69 bits per heavy atom. The molecule has 1 N–H and O–H groups in total. The van der Waals surface area contributed by atoms with Crippen molar-refractivity contribution in [1.82, 2.24) is 9.88 Å². The first-order chi connectivity index (χ1) is 17.5. The molecule has 1 aromatic heterocycles. The summed E-state index contributed by atoms with van der Waals surface area (Å²) >= 11 is 0. The standard InChI is InChI=1S/C29H30N2O5/c1-18-11-19(14-30-27(18)34-2)29(33)12-20-15-35-16-21(13-29)31(20)28(32)36-17-26-24-9-5-3-7-22(24)23-8-4-6-10-25(23)26/h3-11,14,20-21,26,33H,12-13,15-17H2,1-2H3. The molecule has 6 rings (SSSR count). The predicted molar refractivity (Wildman–Crippen MR) is 134 cm³/mol. The smallest absolute Gasteiger partial charge is 0.410 e. The molecule has 2 saturated heterocycles. The Balaban J connectivity index is 1.20. The number of rotatable bonds is 4. The number of benzene rings is 2. The second kappa shape index (κ2) is 8.91. The number of piperidine rings is 1. The summed E-state index contributed by atoms with van der Waals surface area (Å²) < 4.78 is 17.0. The van der Waals surface area contributed by atoms with Crippen LogP contribution in [0.4, 0.5) is 4.79 Å². The minimum atomic E-state index is -1.09. The van der Waals surface area contributed by atoms with Crippen LogP contribution in [0.1, 0.15) is 41.0 Å². The van der Waals surface area contributed by atoms with Gasteiger partial charge >= 0.3 is 6.09 Å². The lowest BCUT2D eigenvalue weighted by atomic mass is 9.77. The van der Waals surface area contributed by atoms with Crippen LogP contribution in [0.5, 0.6) is 5.88 Å². The van der Waals surface area contributed by atoms with Crippen molar-refractivity contribution in [2.24, 2.45) is 0 Å². The van der Waals surface area contributed by atoms with E-state index in [1.165, 1.54) is 22.3 Å². The molecule has 3 heterocycles. The lowest BCUT2D eigenvalue weighted by molar-refractivity contribution is -0.136. The van der Waals surface area contributed by atoms with Crippen LogP contribution in [-0.2, 0) is 15.1 Å². The Kier molecular flexibility index (Phi) is 5.69. The van der Waals surface area contributed by atoms with Crippen LogP contribution in [0.2, 0.25) is 0 Å². The summed E-state index contributed by atoms with van der Waals surface area (Å²) in [4.78, 5) is 19.6. The van der Waals surface area contributed by atoms with E-state index in [1.54, 1.807) is 18.2 Å². The molecule has 3 aromatic rings. The van der Waals surface area contributed by atoms with Crippen molar-refractivity contribution in [3.05, 3.63) is 83.0 Å². The van der Waals surface area contributed by atoms with Crippen LogP contribution in [0.15, 0.2) is 60.8 Å². The number of aromatic nitrogens is 1. The highest BCUT2D eigenvalue weighted by molar-refractivity contribution is 5.79.